The summed E-state index contributed by atoms with van der Waals surface area (Å²) in [6.45, 7) is 18.4. The molecule has 3 rings (SSSR count). The summed E-state index contributed by atoms with van der Waals surface area (Å²) in [5.41, 5.74) is 0.878. The van der Waals surface area contributed by atoms with Gasteiger partial charge in [0, 0.05) is 12.1 Å². The second-order valence-corrected chi connectivity index (χ2v) is 10.7. The summed E-state index contributed by atoms with van der Waals surface area (Å²) in [5, 5.41) is 4.01. The number of hydrogen-bond acceptors (Lipinski definition) is 1. The fraction of sp³-hybridized carbons (Fsp3) is 0.917. The first kappa shape index (κ1) is 19.5. The fourth-order valence-electron chi connectivity index (χ4n) is 6.61. The number of rotatable bonds is 5. The normalized spacial score (nSPS) is 47.7. The highest BCUT2D eigenvalue weighted by Crippen LogP contribution is 2.56. The minimum absolute atomic E-state index is 0.432. The van der Waals surface area contributed by atoms with Crippen molar-refractivity contribution in [2.24, 2.45) is 46.8 Å². The molecule has 3 fully saturated rings. The Balaban J connectivity index is 1.85. The molecule has 1 aliphatic heterocycles. The van der Waals surface area contributed by atoms with Crippen LogP contribution in [0.2, 0.25) is 0 Å². The molecule has 0 aromatic carbocycles. The molecule has 25 heavy (non-hydrogen) atoms. The Morgan fingerprint density at radius 2 is 1.84 bits per heavy atom. The summed E-state index contributed by atoms with van der Waals surface area (Å²) in [4.78, 5) is 0. The maximum absolute atomic E-state index is 4.01. The van der Waals surface area contributed by atoms with Gasteiger partial charge in [0.1, 0.15) is 0 Å². The fourth-order valence-corrected chi connectivity index (χ4v) is 6.61. The van der Waals surface area contributed by atoms with Crippen LogP contribution in [0.5, 0.6) is 0 Å². The van der Waals surface area contributed by atoms with E-state index in [0.29, 0.717) is 11.0 Å². The zero-order valence-electron chi connectivity index (χ0n) is 17.9. The van der Waals surface area contributed by atoms with E-state index < -0.39 is 0 Å². The molecule has 8 unspecified atom stereocenters. The van der Waals surface area contributed by atoms with Crippen LogP contribution in [0.3, 0.4) is 0 Å². The molecule has 8 atom stereocenters. The van der Waals surface area contributed by atoms with Gasteiger partial charge in [-0.1, -0.05) is 60.1 Å². The van der Waals surface area contributed by atoms with Crippen molar-refractivity contribution in [3.8, 4) is 0 Å². The molecule has 0 bridgehead atoms. The largest absolute Gasteiger partial charge is 0.311 e. The van der Waals surface area contributed by atoms with Gasteiger partial charge in [-0.15, -0.1) is 0 Å². The molecule has 0 aromatic heterocycles. The number of hydrogen-bond donors (Lipinski definition) is 1. The smallest absolute Gasteiger partial charge is 0.0232 e. The summed E-state index contributed by atoms with van der Waals surface area (Å²) >= 11 is 0. The summed E-state index contributed by atoms with van der Waals surface area (Å²) < 4.78 is 0. The molecule has 0 radical (unpaired) electrons. The molecule has 1 nitrogen and oxygen atoms in total. The number of nitrogens with one attached hydrogen (secondary N) is 1. The van der Waals surface area contributed by atoms with Gasteiger partial charge >= 0.3 is 0 Å². The van der Waals surface area contributed by atoms with Gasteiger partial charge in [-0.05, 0) is 79.4 Å². The molecule has 2 aliphatic carbocycles. The maximum Gasteiger partial charge on any atom is 0.0232 e. The van der Waals surface area contributed by atoms with Crippen molar-refractivity contribution in [3.63, 3.8) is 0 Å². The monoisotopic (exact) mass is 345 g/mol. The third kappa shape index (κ3) is 3.35. The molecule has 1 heterocycles. The highest BCUT2D eigenvalue weighted by molar-refractivity contribution is 5.14. The van der Waals surface area contributed by atoms with Crippen LogP contribution in [0.4, 0.5) is 0 Å². The first-order valence-corrected chi connectivity index (χ1v) is 11.1. The van der Waals surface area contributed by atoms with Crippen molar-refractivity contribution in [2.75, 3.05) is 6.54 Å². The van der Waals surface area contributed by atoms with Crippen molar-refractivity contribution < 1.29 is 0 Å². The second-order valence-electron chi connectivity index (χ2n) is 10.7. The van der Waals surface area contributed by atoms with Gasteiger partial charge in [0.15, 0.2) is 0 Å². The average molecular weight is 346 g/mol. The minimum Gasteiger partial charge on any atom is -0.311 e. The Hall–Kier alpha value is -0.300. The van der Waals surface area contributed by atoms with Crippen LogP contribution in [0.25, 0.3) is 0 Å². The van der Waals surface area contributed by atoms with Crippen LogP contribution in [0, 0.1) is 46.8 Å². The van der Waals surface area contributed by atoms with Crippen LogP contribution < -0.4 is 5.32 Å². The van der Waals surface area contributed by atoms with E-state index in [0.717, 1.165) is 41.4 Å². The topological polar surface area (TPSA) is 12.0 Å². The van der Waals surface area contributed by atoms with Gasteiger partial charge in [0.05, 0.1) is 0 Å². The van der Waals surface area contributed by atoms with Crippen molar-refractivity contribution in [1.29, 1.82) is 0 Å². The van der Waals surface area contributed by atoms with Gasteiger partial charge < -0.3 is 5.32 Å². The molecule has 2 saturated carbocycles. The molecule has 0 amide bonds. The lowest BCUT2D eigenvalue weighted by atomic mass is 9.57. The van der Waals surface area contributed by atoms with E-state index in [-0.39, 0.29) is 0 Å². The lowest BCUT2D eigenvalue weighted by Gasteiger charge is -2.57. The van der Waals surface area contributed by atoms with E-state index in [4.69, 9.17) is 0 Å². The molecule has 3 aliphatic rings. The van der Waals surface area contributed by atoms with E-state index >= 15 is 0 Å². The zero-order chi connectivity index (χ0) is 18.4. The van der Waals surface area contributed by atoms with E-state index in [1.807, 2.05) is 0 Å². The Morgan fingerprint density at radius 3 is 2.32 bits per heavy atom. The summed E-state index contributed by atoms with van der Waals surface area (Å²) in [5.74, 6) is 6.17. The van der Waals surface area contributed by atoms with E-state index in [9.17, 15) is 0 Å². The van der Waals surface area contributed by atoms with Gasteiger partial charge in [-0.3, -0.25) is 0 Å². The molecule has 0 aromatic rings. The zero-order valence-corrected chi connectivity index (χ0v) is 17.9. The summed E-state index contributed by atoms with van der Waals surface area (Å²) in [7, 11) is 0. The van der Waals surface area contributed by atoms with Gasteiger partial charge in [-0.2, -0.15) is 0 Å². The molecule has 0 spiro atoms. The van der Waals surface area contributed by atoms with Crippen molar-refractivity contribution >= 4 is 0 Å². The molecule has 144 valence electrons. The predicted molar refractivity (Wildman–Crippen MR) is 110 cm³/mol. The van der Waals surface area contributed by atoms with Crippen LogP contribution in [0.1, 0.15) is 80.6 Å². The lowest BCUT2D eigenvalue weighted by molar-refractivity contribution is -0.0174. The lowest BCUT2D eigenvalue weighted by Crippen LogP contribution is -2.68. The van der Waals surface area contributed by atoms with Crippen molar-refractivity contribution in [1.82, 2.24) is 5.32 Å². The minimum atomic E-state index is 0.432. The van der Waals surface area contributed by atoms with Crippen LogP contribution in [-0.4, -0.2) is 12.1 Å². The summed E-state index contributed by atoms with van der Waals surface area (Å²) in [6, 6.07) is 0. The highest BCUT2D eigenvalue weighted by atomic mass is 15.1. The second kappa shape index (κ2) is 7.02. The standard InChI is InChI=1S/C24H43N/c1-8-10-19-13-24(14-20-11-16(3)18(20)5)22(15-25-24)17(4)12-21(19)23(6,7)9-2/h8,10,16-22,25H,9,11-15H2,1-7H3/b10-8-. The highest BCUT2D eigenvalue weighted by Gasteiger charge is 2.56. The maximum atomic E-state index is 4.01. The number of fused-ring (bicyclic) bond motifs is 1. The summed E-state index contributed by atoms with van der Waals surface area (Å²) in [6.07, 6.45) is 11.9. The van der Waals surface area contributed by atoms with Gasteiger partial charge in [0.25, 0.3) is 0 Å². The van der Waals surface area contributed by atoms with Gasteiger partial charge in [0.2, 0.25) is 0 Å². The SMILES string of the molecule is C/C=C\C1CC2(CC3CC(C)C3C)NCC2C(C)CC1C(C)(C)CC. The Kier molecular flexibility index (Phi) is 5.47. The Bertz CT molecular complexity index is 492. The molecule has 1 N–H and O–H groups in total. The van der Waals surface area contributed by atoms with Crippen molar-refractivity contribution in [2.45, 2.75) is 86.1 Å². The predicted octanol–water partition coefficient (Wildman–Crippen LogP) is 6.30. The van der Waals surface area contributed by atoms with Crippen LogP contribution in [-0.2, 0) is 0 Å². The van der Waals surface area contributed by atoms with E-state index in [1.165, 1.54) is 38.6 Å². The molecule has 1 heteroatoms. The van der Waals surface area contributed by atoms with E-state index in [1.54, 1.807) is 0 Å². The van der Waals surface area contributed by atoms with Crippen LogP contribution >= 0.6 is 0 Å². The first-order chi connectivity index (χ1) is 11.7. The number of allylic oxidation sites excluding steroid dienone is 2. The average Bonchev–Trinajstić information content (AvgIpc) is 2.63. The van der Waals surface area contributed by atoms with Crippen LogP contribution in [0.15, 0.2) is 12.2 Å². The Morgan fingerprint density at radius 1 is 1.12 bits per heavy atom. The van der Waals surface area contributed by atoms with Gasteiger partial charge in [-0.25, -0.2) is 0 Å². The van der Waals surface area contributed by atoms with E-state index in [2.05, 4.69) is 65.9 Å². The third-order valence-corrected chi connectivity index (χ3v) is 9.11. The quantitative estimate of drug-likeness (QED) is 0.576. The first-order valence-electron chi connectivity index (χ1n) is 11.1. The molecule has 1 saturated heterocycles. The molecular formula is C24H43N. The van der Waals surface area contributed by atoms with Crippen molar-refractivity contribution in [3.05, 3.63) is 12.2 Å². The third-order valence-electron chi connectivity index (χ3n) is 9.11. The Labute approximate surface area is 157 Å². The molecular weight excluding hydrogens is 302 g/mol.